The zero-order chi connectivity index (χ0) is 14.4. The summed E-state index contributed by atoms with van der Waals surface area (Å²) < 4.78 is 5.82. The number of hydrogen-bond donors (Lipinski definition) is 1. The molecule has 3 unspecified atom stereocenters. The van der Waals surface area contributed by atoms with Crippen LogP contribution in [-0.2, 0) is 4.74 Å². The first kappa shape index (κ1) is 16.3. The van der Waals surface area contributed by atoms with Gasteiger partial charge < -0.3 is 10.1 Å². The van der Waals surface area contributed by atoms with Crippen LogP contribution in [0.3, 0.4) is 0 Å². The Balaban J connectivity index is 1.95. The molecule has 0 aromatic carbocycles. The summed E-state index contributed by atoms with van der Waals surface area (Å²) in [5.41, 5.74) is 0.503. The average molecular weight is 282 g/mol. The lowest BCUT2D eigenvalue weighted by molar-refractivity contribution is -0.0485. The van der Waals surface area contributed by atoms with E-state index in [9.17, 15) is 0 Å². The standard InChI is InChI=1S/C17H34N2O/c1-4-16-12-19(9-10-20-16)14-17(13-18-5-2)8-6-7-15(3)11-17/h15-16,18H,4-14H2,1-3H3. The van der Waals surface area contributed by atoms with Gasteiger partial charge in [-0.25, -0.2) is 0 Å². The van der Waals surface area contributed by atoms with Gasteiger partial charge in [-0.3, -0.25) is 4.90 Å². The van der Waals surface area contributed by atoms with Gasteiger partial charge in [0.05, 0.1) is 12.7 Å². The predicted octanol–water partition coefficient (Wildman–Crippen LogP) is 2.90. The SMILES string of the molecule is CCNCC1(CN2CCOC(CC)C2)CCCC(C)C1. The van der Waals surface area contributed by atoms with Gasteiger partial charge in [0.2, 0.25) is 0 Å². The molecule has 1 heterocycles. The Hall–Kier alpha value is -0.120. The minimum atomic E-state index is 0.459. The van der Waals surface area contributed by atoms with Crippen molar-refractivity contribution in [3.05, 3.63) is 0 Å². The van der Waals surface area contributed by atoms with E-state index in [1.807, 2.05) is 0 Å². The summed E-state index contributed by atoms with van der Waals surface area (Å²) in [5.74, 6) is 0.894. The van der Waals surface area contributed by atoms with Crippen LogP contribution in [0.25, 0.3) is 0 Å². The molecule has 3 nitrogen and oxygen atoms in total. The zero-order valence-electron chi connectivity index (χ0n) is 13.8. The number of rotatable bonds is 6. The van der Waals surface area contributed by atoms with Crippen LogP contribution in [0, 0.1) is 11.3 Å². The highest BCUT2D eigenvalue weighted by Crippen LogP contribution is 2.40. The first-order chi connectivity index (χ1) is 9.67. The quantitative estimate of drug-likeness (QED) is 0.811. The maximum atomic E-state index is 5.82. The molecular weight excluding hydrogens is 248 g/mol. The molecular formula is C17H34N2O. The van der Waals surface area contributed by atoms with Gasteiger partial charge in [0, 0.05) is 26.2 Å². The average Bonchev–Trinajstić information content (AvgIpc) is 2.45. The summed E-state index contributed by atoms with van der Waals surface area (Å²) in [4.78, 5) is 2.67. The van der Waals surface area contributed by atoms with Crippen molar-refractivity contribution >= 4 is 0 Å². The van der Waals surface area contributed by atoms with Crippen molar-refractivity contribution in [3.8, 4) is 0 Å². The summed E-state index contributed by atoms with van der Waals surface area (Å²) in [6.45, 7) is 13.6. The molecule has 1 saturated carbocycles. The van der Waals surface area contributed by atoms with Crippen molar-refractivity contribution in [3.63, 3.8) is 0 Å². The van der Waals surface area contributed by atoms with E-state index in [2.05, 4.69) is 31.0 Å². The fourth-order valence-corrected chi connectivity index (χ4v) is 4.16. The zero-order valence-corrected chi connectivity index (χ0v) is 13.8. The van der Waals surface area contributed by atoms with E-state index >= 15 is 0 Å². The van der Waals surface area contributed by atoms with Crippen LogP contribution in [0.5, 0.6) is 0 Å². The van der Waals surface area contributed by atoms with E-state index in [0.717, 1.165) is 38.6 Å². The molecule has 0 spiro atoms. The van der Waals surface area contributed by atoms with E-state index in [0.29, 0.717) is 11.5 Å². The summed E-state index contributed by atoms with van der Waals surface area (Å²) in [6, 6.07) is 0. The van der Waals surface area contributed by atoms with Crippen LogP contribution in [0.4, 0.5) is 0 Å². The molecule has 0 radical (unpaired) electrons. The van der Waals surface area contributed by atoms with Crippen LogP contribution >= 0.6 is 0 Å². The van der Waals surface area contributed by atoms with Gasteiger partial charge in [-0.2, -0.15) is 0 Å². The Bertz CT molecular complexity index is 284. The van der Waals surface area contributed by atoms with E-state index in [1.165, 1.54) is 38.8 Å². The molecule has 1 aliphatic carbocycles. The number of nitrogens with one attached hydrogen (secondary N) is 1. The molecule has 2 fully saturated rings. The van der Waals surface area contributed by atoms with Gasteiger partial charge in [-0.15, -0.1) is 0 Å². The van der Waals surface area contributed by atoms with Gasteiger partial charge in [-0.1, -0.05) is 33.6 Å². The lowest BCUT2D eigenvalue weighted by Gasteiger charge is -2.45. The van der Waals surface area contributed by atoms with Crippen LogP contribution in [0.1, 0.15) is 52.9 Å². The topological polar surface area (TPSA) is 24.5 Å². The Morgan fingerprint density at radius 1 is 1.35 bits per heavy atom. The van der Waals surface area contributed by atoms with E-state index < -0.39 is 0 Å². The number of hydrogen-bond acceptors (Lipinski definition) is 3. The third-order valence-corrected chi connectivity index (χ3v) is 5.17. The molecule has 3 atom stereocenters. The first-order valence-corrected chi connectivity index (χ1v) is 8.72. The molecule has 0 bridgehead atoms. The second-order valence-corrected chi connectivity index (χ2v) is 7.12. The molecule has 3 heteroatoms. The maximum absolute atomic E-state index is 5.82. The Kier molecular flexibility index (Phi) is 6.31. The largest absolute Gasteiger partial charge is 0.376 e. The van der Waals surface area contributed by atoms with Gasteiger partial charge in [0.25, 0.3) is 0 Å². The van der Waals surface area contributed by atoms with Crippen molar-refractivity contribution < 1.29 is 4.74 Å². The van der Waals surface area contributed by atoms with E-state index in [4.69, 9.17) is 4.74 Å². The smallest absolute Gasteiger partial charge is 0.0700 e. The highest BCUT2D eigenvalue weighted by atomic mass is 16.5. The number of morpholine rings is 1. The molecule has 118 valence electrons. The molecule has 2 rings (SSSR count). The highest BCUT2D eigenvalue weighted by molar-refractivity contribution is 4.90. The Labute approximate surface area is 125 Å². The lowest BCUT2D eigenvalue weighted by Crippen LogP contribution is -2.51. The van der Waals surface area contributed by atoms with Crippen LogP contribution in [-0.4, -0.2) is 50.3 Å². The highest BCUT2D eigenvalue weighted by Gasteiger charge is 2.37. The fourth-order valence-electron chi connectivity index (χ4n) is 4.16. The lowest BCUT2D eigenvalue weighted by atomic mass is 9.69. The van der Waals surface area contributed by atoms with Crippen molar-refractivity contribution in [1.82, 2.24) is 10.2 Å². The molecule has 1 N–H and O–H groups in total. The molecule has 0 aromatic heterocycles. The molecule has 1 saturated heterocycles. The van der Waals surface area contributed by atoms with Crippen molar-refractivity contribution in [2.75, 3.05) is 39.3 Å². The summed E-state index contributed by atoms with van der Waals surface area (Å²) in [6.07, 6.45) is 7.24. The van der Waals surface area contributed by atoms with Gasteiger partial charge >= 0.3 is 0 Å². The normalized spacial score (nSPS) is 36.1. The fraction of sp³-hybridized carbons (Fsp3) is 1.00. The maximum Gasteiger partial charge on any atom is 0.0700 e. The van der Waals surface area contributed by atoms with Gasteiger partial charge in [0.15, 0.2) is 0 Å². The molecule has 20 heavy (non-hydrogen) atoms. The third kappa shape index (κ3) is 4.44. The Morgan fingerprint density at radius 3 is 2.90 bits per heavy atom. The van der Waals surface area contributed by atoms with Crippen molar-refractivity contribution in [2.45, 2.75) is 59.0 Å². The predicted molar refractivity (Wildman–Crippen MR) is 85.1 cm³/mol. The van der Waals surface area contributed by atoms with E-state index in [1.54, 1.807) is 0 Å². The Morgan fingerprint density at radius 2 is 2.20 bits per heavy atom. The monoisotopic (exact) mass is 282 g/mol. The van der Waals surface area contributed by atoms with Crippen LogP contribution in [0.2, 0.25) is 0 Å². The van der Waals surface area contributed by atoms with Crippen LogP contribution < -0.4 is 5.32 Å². The molecule has 2 aliphatic rings. The molecule has 1 aliphatic heterocycles. The minimum absolute atomic E-state index is 0.459. The summed E-state index contributed by atoms with van der Waals surface area (Å²) >= 11 is 0. The third-order valence-electron chi connectivity index (χ3n) is 5.17. The van der Waals surface area contributed by atoms with Gasteiger partial charge in [-0.05, 0) is 37.1 Å². The van der Waals surface area contributed by atoms with Gasteiger partial charge in [0.1, 0.15) is 0 Å². The molecule has 0 amide bonds. The second-order valence-electron chi connectivity index (χ2n) is 7.12. The second kappa shape index (κ2) is 7.77. The van der Waals surface area contributed by atoms with Crippen molar-refractivity contribution in [2.24, 2.45) is 11.3 Å². The van der Waals surface area contributed by atoms with Crippen LogP contribution in [0.15, 0.2) is 0 Å². The first-order valence-electron chi connectivity index (χ1n) is 8.72. The summed E-state index contributed by atoms with van der Waals surface area (Å²) in [7, 11) is 0. The molecule has 0 aromatic rings. The van der Waals surface area contributed by atoms with Crippen molar-refractivity contribution in [1.29, 1.82) is 0 Å². The number of ether oxygens (including phenoxy) is 1. The number of nitrogens with zero attached hydrogens (tertiary/aromatic N) is 1. The van der Waals surface area contributed by atoms with E-state index in [-0.39, 0.29) is 0 Å². The summed E-state index contributed by atoms with van der Waals surface area (Å²) in [5, 5.41) is 3.64. The minimum Gasteiger partial charge on any atom is -0.376 e.